The minimum atomic E-state index is -0.120. The van der Waals surface area contributed by atoms with Crippen LogP contribution in [0, 0.1) is 39.2 Å². The third-order valence-corrected chi connectivity index (χ3v) is 4.78. The van der Waals surface area contributed by atoms with Crippen molar-refractivity contribution in [2.75, 3.05) is 11.5 Å². The first-order valence-corrected chi connectivity index (χ1v) is 8.62. The molecule has 1 N–H and O–H groups in total. The largest absolute Gasteiger partial charge is 0.358 e. The summed E-state index contributed by atoms with van der Waals surface area (Å²) in [5.41, 5.74) is 0.830. The Bertz CT molecular complexity index is 518. The Kier molecular flexibility index (Phi) is 6.84. The zero-order valence-electron chi connectivity index (χ0n) is 14.1. The van der Waals surface area contributed by atoms with Crippen molar-refractivity contribution >= 4 is 9.84 Å². The smallest absolute Gasteiger partial charge is 0.358 e. The first-order valence-electron chi connectivity index (χ1n) is 7.15. The van der Waals surface area contributed by atoms with Crippen LogP contribution in [0.1, 0.15) is 32.3 Å². The normalized spacial score (nSPS) is 27.4. The average Bonchev–Trinajstić information content (AvgIpc) is 2.65. The standard InChI is InChI=1S/C15H22N3O2.CH3.W/c1-6-18(14-7-9(2)16-12(5)17-14)15-11(4)10(3)13(8-19)20-15;;/h10-11,13,15,19H,8H2,1-5H3;1H3;/q2*-1;. The summed E-state index contributed by atoms with van der Waals surface area (Å²) in [6, 6.07) is 3.23. The van der Waals surface area contributed by atoms with Gasteiger partial charge in [0.15, 0.2) is 0 Å². The molecule has 0 aromatic carbocycles. The first kappa shape index (κ1) is 19.4. The maximum absolute atomic E-state index is 9.47. The Morgan fingerprint density at radius 2 is 1.95 bits per heavy atom. The van der Waals surface area contributed by atoms with Crippen molar-refractivity contribution in [3.05, 3.63) is 25.0 Å². The van der Waals surface area contributed by atoms with Crippen LogP contribution < -0.4 is 4.90 Å². The van der Waals surface area contributed by atoms with Gasteiger partial charge in [-0.05, 0) is 0 Å². The van der Waals surface area contributed by atoms with Gasteiger partial charge in [0.2, 0.25) is 0 Å². The molecule has 0 aliphatic carbocycles. The molecule has 22 heavy (non-hydrogen) atoms. The van der Waals surface area contributed by atoms with Crippen LogP contribution in [-0.4, -0.2) is 38.0 Å². The summed E-state index contributed by atoms with van der Waals surface area (Å²) in [5, 5.41) is 9.47. The number of aliphatic hydroxyl groups excluding tert-OH is 1. The number of ether oxygens (including phenoxy) is 1. The SMILES string of the molecule is C[C](=[W])N(c1[c-]c(C)nc(C)n1)C1OC(CO)C(C)C1C.[CH3-]. The molecule has 4 atom stereocenters. The summed E-state index contributed by atoms with van der Waals surface area (Å²) in [5.74, 6) is 2.11. The maximum atomic E-state index is 9.47. The van der Waals surface area contributed by atoms with Crippen molar-refractivity contribution in [3.8, 4) is 0 Å². The summed E-state index contributed by atoms with van der Waals surface area (Å²) in [6.45, 7) is 10.2. The molecule has 2 heterocycles. The van der Waals surface area contributed by atoms with E-state index in [-0.39, 0.29) is 26.4 Å². The van der Waals surface area contributed by atoms with Crippen LogP contribution >= 0.6 is 0 Å². The Hall–Kier alpha value is -0.642. The van der Waals surface area contributed by atoms with Crippen molar-refractivity contribution < 1.29 is 29.2 Å². The van der Waals surface area contributed by atoms with Crippen molar-refractivity contribution in [3.63, 3.8) is 0 Å². The van der Waals surface area contributed by atoms with E-state index in [1.165, 1.54) is 23.4 Å². The minimum absolute atomic E-state index is 0. The molecule has 124 valence electrons. The van der Waals surface area contributed by atoms with Crippen LogP contribution in [0.25, 0.3) is 0 Å². The van der Waals surface area contributed by atoms with E-state index in [1.807, 2.05) is 13.8 Å². The first-order chi connectivity index (χ1) is 9.85. The van der Waals surface area contributed by atoms with Gasteiger partial charge in [-0.2, -0.15) is 0 Å². The Balaban J connectivity index is 0.00000242. The van der Waals surface area contributed by atoms with E-state index in [4.69, 9.17) is 4.74 Å². The molecule has 5 nitrogen and oxygen atoms in total. The number of nitrogens with zero attached hydrogens (tertiary/aromatic N) is 3. The average molecular weight is 475 g/mol. The Morgan fingerprint density at radius 3 is 2.41 bits per heavy atom. The van der Waals surface area contributed by atoms with Crippen molar-refractivity contribution in [2.24, 2.45) is 11.8 Å². The van der Waals surface area contributed by atoms with E-state index >= 15 is 0 Å². The number of anilines is 1. The van der Waals surface area contributed by atoms with Crippen molar-refractivity contribution in [2.45, 2.75) is 47.0 Å². The van der Waals surface area contributed by atoms with Crippen LogP contribution in [0.15, 0.2) is 0 Å². The van der Waals surface area contributed by atoms with Crippen LogP contribution in [0.4, 0.5) is 5.82 Å². The second kappa shape index (κ2) is 7.76. The fourth-order valence-electron chi connectivity index (χ4n) is 2.73. The second-order valence-electron chi connectivity index (χ2n) is 5.66. The molecule has 2 rings (SSSR count). The molecule has 1 aromatic rings. The molecule has 0 radical (unpaired) electrons. The fourth-order valence-corrected chi connectivity index (χ4v) is 3.42. The Labute approximate surface area is 144 Å². The van der Waals surface area contributed by atoms with Gasteiger partial charge in [-0.25, -0.2) is 0 Å². The van der Waals surface area contributed by atoms with Crippen molar-refractivity contribution in [1.82, 2.24) is 9.97 Å². The number of aryl methyl sites for hydroxylation is 2. The zero-order valence-corrected chi connectivity index (χ0v) is 17.1. The van der Waals surface area contributed by atoms with Gasteiger partial charge < -0.3 is 7.43 Å². The molecule has 0 saturated carbocycles. The fraction of sp³-hybridized carbons (Fsp3) is 0.625. The summed E-state index contributed by atoms with van der Waals surface area (Å²) in [6.07, 6.45) is -0.231. The van der Waals surface area contributed by atoms with E-state index in [0.29, 0.717) is 11.8 Å². The van der Waals surface area contributed by atoms with Gasteiger partial charge >= 0.3 is 137 Å². The second-order valence-corrected chi connectivity index (χ2v) is 7.78. The van der Waals surface area contributed by atoms with Gasteiger partial charge in [0.25, 0.3) is 0 Å². The van der Waals surface area contributed by atoms with Gasteiger partial charge in [0, 0.05) is 0 Å². The predicted molar refractivity (Wildman–Crippen MR) is 84.0 cm³/mol. The number of aromatic nitrogens is 2. The van der Waals surface area contributed by atoms with E-state index in [2.05, 4.69) is 41.7 Å². The summed E-state index contributed by atoms with van der Waals surface area (Å²) >= 11 is 1.36. The summed E-state index contributed by atoms with van der Waals surface area (Å²) in [7, 11) is 0. The monoisotopic (exact) mass is 475 g/mol. The maximum Gasteiger partial charge on any atom is -0.358 e. The van der Waals surface area contributed by atoms with E-state index in [9.17, 15) is 5.11 Å². The molecule has 0 bridgehead atoms. The van der Waals surface area contributed by atoms with Gasteiger partial charge in [-0.3, -0.25) is 0 Å². The van der Waals surface area contributed by atoms with Crippen LogP contribution in [-0.2, 0) is 24.1 Å². The van der Waals surface area contributed by atoms with E-state index in [0.717, 1.165) is 17.3 Å². The van der Waals surface area contributed by atoms with Gasteiger partial charge in [0.05, 0.1) is 0 Å². The molecule has 1 aliphatic heterocycles. The summed E-state index contributed by atoms with van der Waals surface area (Å²) < 4.78 is 7.25. The minimum Gasteiger partial charge on any atom is -0.358 e. The molecule has 1 aromatic heterocycles. The third kappa shape index (κ3) is 3.81. The zero-order chi connectivity index (χ0) is 15.7. The number of hydrogen-bond donors (Lipinski definition) is 1. The molecule has 0 amide bonds. The van der Waals surface area contributed by atoms with E-state index < -0.39 is 0 Å². The molecule has 0 spiro atoms. The molecule has 1 fully saturated rings. The predicted octanol–water partition coefficient (Wildman–Crippen LogP) is 1.84. The molecule has 1 saturated heterocycles. The number of rotatable bonds is 4. The van der Waals surface area contributed by atoms with Gasteiger partial charge in [-0.15, -0.1) is 0 Å². The molecule has 6 heteroatoms. The van der Waals surface area contributed by atoms with Gasteiger partial charge in [-0.1, -0.05) is 0 Å². The topological polar surface area (TPSA) is 58.5 Å². The van der Waals surface area contributed by atoms with Gasteiger partial charge in [0.1, 0.15) is 0 Å². The summed E-state index contributed by atoms with van der Waals surface area (Å²) in [4.78, 5) is 10.9. The quantitative estimate of drug-likeness (QED) is 0.674. The molecule has 4 unspecified atom stereocenters. The van der Waals surface area contributed by atoms with Crippen LogP contribution in [0.5, 0.6) is 0 Å². The van der Waals surface area contributed by atoms with E-state index in [1.54, 1.807) is 0 Å². The number of aliphatic hydroxyl groups is 1. The number of hydrogen-bond acceptors (Lipinski definition) is 5. The third-order valence-electron chi connectivity index (χ3n) is 4.07. The van der Waals surface area contributed by atoms with Crippen molar-refractivity contribution in [1.29, 1.82) is 0 Å². The molecular formula is C16H25N3O2W-2. The molecular weight excluding hydrogens is 450 g/mol. The van der Waals surface area contributed by atoms with Crippen LogP contribution in [0.2, 0.25) is 0 Å². The van der Waals surface area contributed by atoms with Crippen LogP contribution in [0.3, 0.4) is 0 Å². The Morgan fingerprint density at radius 1 is 1.32 bits per heavy atom. The molecule has 1 aliphatic rings.